The van der Waals surface area contributed by atoms with Gasteiger partial charge in [-0.05, 0) is 69.2 Å². The molecule has 0 bridgehead atoms. The molecule has 2 amide bonds. The molecule has 0 saturated carbocycles. The fraction of sp³-hybridized carbons (Fsp3) is 0.355. The number of halogens is 1. The van der Waals surface area contributed by atoms with Gasteiger partial charge in [0.15, 0.2) is 11.5 Å². The van der Waals surface area contributed by atoms with Crippen LogP contribution in [0.4, 0.5) is 5.69 Å². The minimum absolute atomic E-state index is 0.0736. The van der Waals surface area contributed by atoms with Gasteiger partial charge in [-0.1, -0.05) is 52.7 Å². The molecule has 0 fully saturated rings. The van der Waals surface area contributed by atoms with Gasteiger partial charge in [0.05, 0.1) is 24.8 Å². The number of anilines is 1. The molecule has 0 radical (unpaired) electrons. The first-order valence-corrected chi connectivity index (χ1v) is 15.8. The van der Waals surface area contributed by atoms with E-state index in [1.54, 1.807) is 31.2 Å². The molecule has 42 heavy (non-hydrogen) atoms. The molecular formula is C31H38BrN3O6S. The number of amides is 2. The van der Waals surface area contributed by atoms with Crippen molar-refractivity contribution in [1.82, 2.24) is 10.2 Å². The third-order valence-electron chi connectivity index (χ3n) is 6.98. The molecule has 3 rings (SSSR count). The van der Waals surface area contributed by atoms with Crippen LogP contribution >= 0.6 is 15.9 Å². The summed E-state index contributed by atoms with van der Waals surface area (Å²) in [7, 11) is -1.38. The highest BCUT2D eigenvalue weighted by molar-refractivity contribution is 9.10. The van der Waals surface area contributed by atoms with Gasteiger partial charge in [0.2, 0.25) is 11.8 Å². The van der Waals surface area contributed by atoms with Crippen molar-refractivity contribution in [1.29, 1.82) is 0 Å². The average molecular weight is 661 g/mol. The highest BCUT2D eigenvalue weighted by Gasteiger charge is 2.33. The topological polar surface area (TPSA) is 105 Å². The molecule has 0 heterocycles. The lowest BCUT2D eigenvalue weighted by atomic mass is 10.1. The molecule has 0 spiro atoms. The number of ether oxygens (including phenoxy) is 2. The van der Waals surface area contributed by atoms with Crippen LogP contribution in [-0.2, 0) is 26.2 Å². The number of nitrogens with zero attached hydrogens (tertiary/aromatic N) is 2. The molecule has 0 aliphatic carbocycles. The summed E-state index contributed by atoms with van der Waals surface area (Å²) in [5.41, 5.74) is 2.03. The Kier molecular flexibility index (Phi) is 11.4. The van der Waals surface area contributed by atoms with Gasteiger partial charge in [0, 0.05) is 23.1 Å². The number of carbonyl (C=O) groups is 2. The van der Waals surface area contributed by atoms with Crippen LogP contribution in [0.2, 0.25) is 0 Å². The van der Waals surface area contributed by atoms with Crippen LogP contribution in [-0.4, -0.2) is 58.0 Å². The quantitative estimate of drug-likeness (QED) is 0.267. The van der Waals surface area contributed by atoms with Crippen molar-refractivity contribution < 1.29 is 27.5 Å². The van der Waals surface area contributed by atoms with Gasteiger partial charge in [-0.15, -0.1) is 0 Å². The van der Waals surface area contributed by atoms with Gasteiger partial charge in [-0.3, -0.25) is 13.9 Å². The number of benzene rings is 3. The number of carbonyl (C=O) groups excluding carboxylic acids is 2. The zero-order chi connectivity index (χ0) is 31.0. The van der Waals surface area contributed by atoms with E-state index in [0.29, 0.717) is 11.4 Å². The predicted octanol–water partition coefficient (Wildman–Crippen LogP) is 5.30. The van der Waals surface area contributed by atoms with Crippen LogP contribution < -0.4 is 19.1 Å². The van der Waals surface area contributed by atoms with Gasteiger partial charge in [0.1, 0.15) is 12.6 Å². The number of aryl methyl sites for hydroxylation is 1. The molecular weight excluding hydrogens is 622 g/mol. The van der Waals surface area contributed by atoms with Crippen molar-refractivity contribution in [2.24, 2.45) is 0 Å². The van der Waals surface area contributed by atoms with Crippen LogP contribution in [0.25, 0.3) is 0 Å². The Bertz CT molecular complexity index is 1480. The van der Waals surface area contributed by atoms with Crippen LogP contribution in [0.1, 0.15) is 38.3 Å². The van der Waals surface area contributed by atoms with Gasteiger partial charge in [-0.25, -0.2) is 8.42 Å². The second-order valence-corrected chi connectivity index (χ2v) is 12.8. The van der Waals surface area contributed by atoms with E-state index >= 15 is 0 Å². The van der Waals surface area contributed by atoms with Crippen molar-refractivity contribution in [2.45, 2.75) is 57.6 Å². The van der Waals surface area contributed by atoms with Crippen molar-refractivity contribution in [3.8, 4) is 11.5 Å². The van der Waals surface area contributed by atoms with E-state index in [1.165, 1.54) is 37.3 Å². The SMILES string of the molecule is CC[C@@H](C)NC(=O)[C@@H](C)N(Cc1ccc(Br)cc1)C(=O)CN(c1ccc(C)cc1)S(=O)(=O)c1ccc(OC)c(OC)c1. The van der Waals surface area contributed by atoms with Gasteiger partial charge in [0.25, 0.3) is 10.0 Å². The monoisotopic (exact) mass is 659 g/mol. The van der Waals surface area contributed by atoms with E-state index in [2.05, 4.69) is 21.2 Å². The Balaban J connectivity index is 2.06. The normalized spacial score (nSPS) is 12.6. The molecule has 226 valence electrons. The Morgan fingerprint density at radius 1 is 0.929 bits per heavy atom. The van der Waals surface area contributed by atoms with Crippen LogP contribution in [0.3, 0.4) is 0 Å². The second-order valence-electron chi connectivity index (χ2n) is 10.0. The molecule has 9 nitrogen and oxygen atoms in total. The Hall–Kier alpha value is -3.57. The second kappa shape index (κ2) is 14.6. The van der Waals surface area contributed by atoms with E-state index < -0.39 is 28.5 Å². The first-order valence-electron chi connectivity index (χ1n) is 13.6. The highest BCUT2D eigenvalue weighted by atomic mass is 79.9. The smallest absolute Gasteiger partial charge is 0.264 e. The summed E-state index contributed by atoms with van der Waals surface area (Å²) < 4.78 is 40.7. The first-order chi connectivity index (χ1) is 19.9. The summed E-state index contributed by atoms with van der Waals surface area (Å²) in [5, 5.41) is 2.93. The maximum atomic E-state index is 14.1. The summed E-state index contributed by atoms with van der Waals surface area (Å²) in [6, 6.07) is 17.6. The van der Waals surface area contributed by atoms with E-state index in [4.69, 9.17) is 9.47 Å². The molecule has 11 heteroatoms. The Morgan fingerprint density at radius 2 is 1.55 bits per heavy atom. The number of rotatable bonds is 13. The van der Waals surface area contributed by atoms with Gasteiger partial charge in [-0.2, -0.15) is 0 Å². The number of nitrogens with one attached hydrogen (secondary N) is 1. The van der Waals surface area contributed by atoms with E-state index in [1.807, 2.05) is 45.0 Å². The molecule has 0 aliphatic rings. The van der Waals surface area contributed by atoms with E-state index in [9.17, 15) is 18.0 Å². The summed E-state index contributed by atoms with van der Waals surface area (Å²) >= 11 is 3.42. The fourth-order valence-electron chi connectivity index (χ4n) is 4.18. The minimum Gasteiger partial charge on any atom is -0.493 e. The standard InChI is InChI=1S/C31H38BrN3O6S/c1-7-22(3)33-31(37)23(4)34(19-24-10-12-25(32)13-11-24)30(36)20-35(26-14-8-21(2)9-15-26)42(38,39)27-16-17-28(40-5)29(18-27)41-6/h8-18,22-23H,7,19-20H2,1-6H3,(H,33,37)/t22-,23-/m1/s1. The lowest BCUT2D eigenvalue weighted by Crippen LogP contribution is -2.52. The summed E-state index contributed by atoms with van der Waals surface area (Å²) in [6.07, 6.45) is 0.726. The summed E-state index contributed by atoms with van der Waals surface area (Å²) in [5.74, 6) is -0.244. The summed E-state index contributed by atoms with van der Waals surface area (Å²) in [4.78, 5) is 28.6. The van der Waals surface area contributed by atoms with Crippen molar-refractivity contribution >= 4 is 43.5 Å². The van der Waals surface area contributed by atoms with E-state index in [-0.39, 0.29) is 29.1 Å². The zero-order valence-corrected chi connectivity index (χ0v) is 27.2. The molecule has 0 unspecified atom stereocenters. The van der Waals surface area contributed by atoms with Crippen molar-refractivity contribution in [3.05, 3.63) is 82.3 Å². The molecule has 3 aromatic carbocycles. The number of hydrogen-bond donors (Lipinski definition) is 1. The maximum Gasteiger partial charge on any atom is 0.264 e. The third-order valence-corrected chi connectivity index (χ3v) is 9.28. The highest BCUT2D eigenvalue weighted by Crippen LogP contribution is 2.32. The average Bonchev–Trinajstić information content (AvgIpc) is 2.98. The zero-order valence-electron chi connectivity index (χ0n) is 24.8. The molecule has 0 aliphatic heterocycles. The largest absolute Gasteiger partial charge is 0.493 e. The summed E-state index contributed by atoms with van der Waals surface area (Å²) in [6.45, 7) is 6.96. The lowest BCUT2D eigenvalue weighted by molar-refractivity contribution is -0.139. The van der Waals surface area contributed by atoms with Crippen molar-refractivity contribution in [2.75, 3.05) is 25.1 Å². The third kappa shape index (κ3) is 8.04. The van der Waals surface area contributed by atoms with E-state index in [0.717, 1.165) is 26.3 Å². The molecule has 1 N–H and O–H groups in total. The first kappa shape index (κ1) is 32.9. The van der Waals surface area contributed by atoms with Gasteiger partial charge < -0.3 is 19.7 Å². The van der Waals surface area contributed by atoms with Crippen LogP contribution in [0, 0.1) is 6.92 Å². The number of methoxy groups -OCH3 is 2. The maximum absolute atomic E-state index is 14.1. The van der Waals surface area contributed by atoms with Gasteiger partial charge >= 0.3 is 0 Å². The Labute approximate surface area is 257 Å². The Morgan fingerprint density at radius 3 is 2.12 bits per heavy atom. The molecule has 0 aromatic heterocycles. The molecule has 2 atom stereocenters. The lowest BCUT2D eigenvalue weighted by Gasteiger charge is -2.32. The number of sulfonamides is 1. The van der Waals surface area contributed by atoms with Crippen LogP contribution in [0.15, 0.2) is 76.1 Å². The predicted molar refractivity (Wildman–Crippen MR) is 167 cm³/mol. The molecule has 0 saturated heterocycles. The fourth-order valence-corrected chi connectivity index (χ4v) is 5.87. The van der Waals surface area contributed by atoms with Crippen molar-refractivity contribution in [3.63, 3.8) is 0 Å². The van der Waals surface area contributed by atoms with Crippen LogP contribution in [0.5, 0.6) is 11.5 Å². The number of hydrogen-bond acceptors (Lipinski definition) is 6. The minimum atomic E-state index is -4.26. The molecule has 3 aromatic rings.